The lowest BCUT2D eigenvalue weighted by Gasteiger charge is -2.07. The molecule has 0 fully saturated rings. The minimum atomic E-state index is -2.87. The van der Waals surface area contributed by atoms with Crippen LogP contribution in [-0.2, 0) is 0 Å². The quantitative estimate of drug-likeness (QED) is 0.847. The summed E-state index contributed by atoms with van der Waals surface area (Å²) in [5.41, 5.74) is -1.07. The Bertz CT molecular complexity index is 384. The summed E-state index contributed by atoms with van der Waals surface area (Å²) in [5.74, 6) is -1.43. The predicted molar refractivity (Wildman–Crippen MR) is 51.6 cm³/mol. The molecule has 0 bridgehead atoms. The number of carboxylic acid groups (broad SMARTS) is 1. The Morgan fingerprint density at radius 2 is 2.07 bits per heavy atom. The molecule has 0 spiro atoms. The van der Waals surface area contributed by atoms with E-state index in [9.17, 15) is 13.6 Å². The summed E-state index contributed by atoms with van der Waals surface area (Å²) in [7, 11) is 0. The highest BCUT2D eigenvalue weighted by atomic mass is 79.9. The molecule has 1 heterocycles. The maximum atomic E-state index is 12.5. The summed E-state index contributed by atoms with van der Waals surface area (Å²) < 4.78 is 25.1. The predicted octanol–water partition coefficient (Wildman–Crippen LogP) is 3.24. The molecule has 0 amide bonds. The average Bonchev–Trinajstić information content (AvgIpc) is 2.08. The van der Waals surface area contributed by atoms with Crippen molar-refractivity contribution in [3.63, 3.8) is 0 Å². The van der Waals surface area contributed by atoms with Crippen molar-refractivity contribution in [2.24, 2.45) is 0 Å². The number of hydrogen-bond donors (Lipinski definition) is 1. The van der Waals surface area contributed by atoms with E-state index in [1.807, 2.05) is 0 Å². The minimum absolute atomic E-state index is 0.0348. The highest BCUT2D eigenvalue weighted by Crippen LogP contribution is 2.34. The standard InChI is InChI=1S/C7H3Br2F2NO2/c8-4-3(6(10)11)2(7(13)14)1-12-5(4)9/h1,6H,(H,13,14). The first-order valence-electron chi connectivity index (χ1n) is 3.30. The molecule has 76 valence electrons. The lowest BCUT2D eigenvalue weighted by molar-refractivity contribution is 0.0683. The Morgan fingerprint density at radius 3 is 2.50 bits per heavy atom. The van der Waals surface area contributed by atoms with Crippen LogP contribution in [-0.4, -0.2) is 16.1 Å². The molecule has 14 heavy (non-hydrogen) atoms. The van der Waals surface area contributed by atoms with Crippen molar-refractivity contribution in [1.82, 2.24) is 4.98 Å². The molecule has 0 atom stereocenters. The van der Waals surface area contributed by atoms with Crippen LogP contribution in [0.3, 0.4) is 0 Å². The van der Waals surface area contributed by atoms with Crippen molar-refractivity contribution in [2.45, 2.75) is 6.43 Å². The van der Waals surface area contributed by atoms with Gasteiger partial charge >= 0.3 is 5.97 Å². The van der Waals surface area contributed by atoms with Crippen molar-refractivity contribution < 1.29 is 18.7 Å². The molecular formula is C7H3Br2F2NO2. The van der Waals surface area contributed by atoms with Crippen molar-refractivity contribution in [3.8, 4) is 0 Å². The van der Waals surface area contributed by atoms with E-state index in [1.165, 1.54) is 0 Å². The van der Waals surface area contributed by atoms with Gasteiger partial charge in [0.05, 0.1) is 15.6 Å². The number of hydrogen-bond acceptors (Lipinski definition) is 2. The molecule has 0 saturated carbocycles. The second-order valence-corrected chi connectivity index (χ2v) is 3.84. The molecule has 1 aromatic rings. The number of carboxylic acids is 1. The number of rotatable bonds is 2. The van der Waals surface area contributed by atoms with Gasteiger partial charge in [0.1, 0.15) is 4.60 Å². The van der Waals surface area contributed by atoms with Crippen molar-refractivity contribution in [3.05, 3.63) is 26.4 Å². The van der Waals surface area contributed by atoms with Gasteiger partial charge in [0.2, 0.25) is 0 Å². The summed E-state index contributed by atoms with van der Waals surface area (Å²) >= 11 is 5.76. The number of aromatic carboxylic acids is 1. The molecule has 1 N–H and O–H groups in total. The second kappa shape index (κ2) is 4.31. The zero-order valence-corrected chi connectivity index (χ0v) is 9.64. The molecule has 0 aliphatic carbocycles. The lowest BCUT2D eigenvalue weighted by atomic mass is 10.1. The summed E-state index contributed by atoms with van der Waals surface area (Å²) in [6, 6.07) is 0. The van der Waals surface area contributed by atoms with Crippen molar-refractivity contribution >= 4 is 37.8 Å². The van der Waals surface area contributed by atoms with Crippen LogP contribution in [0.4, 0.5) is 8.78 Å². The third kappa shape index (κ3) is 2.09. The van der Waals surface area contributed by atoms with Crippen LogP contribution in [0, 0.1) is 0 Å². The Labute approximate surface area is 94.4 Å². The number of nitrogens with zero attached hydrogens (tertiary/aromatic N) is 1. The molecule has 0 aliphatic rings. The number of halogens is 4. The first-order valence-corrected chi connectivity index (χ1v) is 4.89. The van der Waals surface area contributed by atoms with Crippen LogP contribution in [0.5, 0.6) is 0 Å². The fourth-order valence-corrected chi connectivity index (χ4v) is 1.67. The Hall–Kier alpha value is -0.560. The maximum Gasteiger partial charge on any atom is 0.337 e. The Morgan fingerprint density at radius 1 is 1.50 bits per heavy atom. The van der Waals surface area contributed by atoms with E-state index in [0.29, 0.717) is 0 Å². The Balaban J connectivity index is 3.45. The van der Waals surface area contributed by atoms with E-state index < -0.39 is 23.5 Å². The van der Waals surface area contributed by atoms with E-state index in [0.717, 1.165) is 6.20 Å². The number of carbonyl (C=O) groups is 1. The first kappa shape index (κ1) is 11.5. The first-order chi connectivity index (χ1) is 6.45. The maximum absolute atomic E-state index is 12.5. The lowest BCUT2D eigenvalue weighted by Crippen LogP contribution is -2.05. The second-order valence-electron chi connectivity index (χ2n) is 2.30. The highest BCUT2D eigenvalue weighted by Gasteiger charge is 2.23. The summed E-state index contributed by atoms with van der Waals surface area (Å²) in [6.07, 6.45) is -1.98. The Kier molecular flexibility index (Phi) is 3.54. The van der Waals surface area contributed by atoms with E-state index in [2.05, 4.69) is 36.8 Å². The average molecular weight is 331 g/mol. The molecule has 0 radical (unpaired) electrons. The van der Waals surface area contributed by atoms with E-state index in [-0.39, 0.29) is 9.08 Å². The highest BCUT2D eigenvalue weighted by molar-refractivity contribution is 9.13. The zero-order valence-electron chi connectivity index (χ0n) is 6.47. The van der Waals surface area contributed by atoms with Crippen molar-refractivity contribution in [1.29, 1.82) is 0 Å². The molecule has 1 aromatic heterocycles. The van der Waals surface area contributed by atoms with Crippen LogP contribution in [0.25, 0.3) is 0 Å². The number of pyridine rings is 1. The largest absolute Gasteiger partial charge is 0.478 e. The molecule has 0 aliphatic heterocycles. The topological polar surface area (TPSA) is 50.2 Å². The smallest absolute Gasteiger partial charge is 0.337 e. The van der Waals surface area contributed by atoms with Gasteiger partial charge in [-0.1, -0.05) is 0 Å². The van der Waals surface area contributed by atoms with Gasteiger partial charge in [-0.15, -0.1) is 0 Å². The summed E-state index contributed by atoms with van der Waals surface area (Å²) in [5, 5.41) is 8.62. The molecule has 0 unspecified atom stereocenters. The third-order valence-electron chi connectivity index (χ3n) is 1.46. The van der Waals surface area contributed by atoms with Gasteiger partial charge in [-0.3, -0.25) is 0 Å². The van der Waals surface area contributed by atoms with E-state index in [4.69, 9.17) is 5.11 Å². The molecule has 7 heteroatoms. The molecule has 3 nitrogen and oxygen atoms in total. The van der Waals surface area contributed by atoms with Gasteiger partial charge in [0.15, 0.2) is 0 Å². The van der Waals surface area contributed by atoms with Gasteiger partial charge in [-0.05, 0) is 31.9 Å². The molecule has 1 rings (SSSR count). The molecular weight excluding hydrogens is 328 g/mol. The van der Waals surface area contributed by atoms with Crippen LogP contribution < -0.4 is 0 Å². The monoisotopic (exact) mass is 329 g/mol. The fourth-order valence-electron chi connectivity index (χ4n) is 0.861. The van der Waals surface area contributed by atoms with E-state index in [1.54, 1.807) is 0 Å². The van der Waals surface area contributed by atoms with E-state index >= 15 is 0 Å². The SMILES string of the molecule is O=C(O)c1cnc(Br)c(Br)c1C(F)F. The van der Waals surface area contributed by atoms with Gasteiger partial charge in [0, 0.05) is 6.20 Å². The van der Waals surface area contributed by atoms with Crippen molar-refractivity contribution in [2.75, 3.05) is 0 Å². The third-order valence-corrected chi connectivity index (χ3v) is 3.40. The number of aromatic nitrogens is 1. The minimum Gasteiger partial charge on any atom is -0.478 e. The van der Waals surface area contributed by atoms with Crippen LogP contribution in [0.1, 0.15) is 22.3 Å². The van der Waals surface area contributed by atoms with Gasteiger partial charge in [0.25, 0.3) is 6.43 Å². The molecule has 0 saturated heterocycles. The normalized spacial score (nSPS) is 10.6. The summed E-state index contributed by atoms with van der Waals surface area (Å²) in [4.78, 5) is 14.2. The number of alkyl halides is 2. The summed E-state index contributed by atoms with van der Waals surface area (Å²) in [6.45, 7) is 0. The fraction of sp³-hybridized carbons (Fsp3) is 0.143. The molecule has 0 aromatic carbocycles. The van der Waals surface area contributed by atoms with Crippen LogP contribution in [0.2, 0.25) is 0 Å². The van der Waals surface area contributed by atoms with Gasteiger partial charge in [-0.25, -0.2) is 18.6 Å². The van der Waals surface area contributed by atoms with Crippen LogP contribution >= 0.6 is 31.9 Å². The zero-order chi connectivity index (χ0) is 10.9. The van der Waals surface area contributed by atoms with Gasteiger partial charge < -0.3 is 5.11 Å². The van der Waals surface area contributed by atoms with Crippen LogP contribution in [0.15, 0.2) is 15.3 Å². The van der Waals surface area contributed by atoms with Gasteiger partial charge in [-0.2, -0.15) is 0 Å².